The van der Waals surface area contributed by atoms with Gasteiger partial charge in [-0.15, -0.1) is 0 Å². The van der Waals surface area contributed by atoms with Crippen molar-refractivity contribution in [1.82, 2.24) is 13.9 Å². The molecule has 0 aliphatic heterocycles. The lowest BCUT2D eigenvalue weighted by atomic mass is 10.1. The SMILES string of the molecule is CCN(CC)S(=O)(=O)c1ccc2c(c1)nc(SCc1ccccc1C(F)(F)F)n2Cc1ccco1. The number of sulfonamides is 1. The first-order valence-corrected chi connectivity index (χ1v) is 13.4. The van der Waals surface area contributed by atoms with E-state index in [4.69, 9.17) is 4.42 Å². The third-order valence-electron chi connectivity index (χ3n) is 5.60. The Morgan fingerprint density at radius 2 is 1.80 bits per heavy atom. The molecule has 0 radical (unpaired) electrons. The normalized spacial score (nSPS) is 12.6. The molecule has 0 saturated heterocycles. The Hall–Kier alpha value is -2.76. The molecule has 0 aliphatic carbocycles. The average Bonchev–Trinajstić information content (AvgIpc) is 3.46. The van der Waals surface area contributed by atoms with Crippen LogP contribution in [0.3, 0.4) is 0 Å². The maximum absolute atomic E-state index is 13.4. The second-order valence-electron chi connectivity index (χ2n) is 7.74. The van der Waals surface area contributed by atoms with Crippen LogP contribution in [-0.4, -0.2) is 35.4 Å². The number of hydrogen-bond donors (Lipinski definition) is 0. The van der Waals surface area contributed by atoms with E-state index in [1.54, 1.807) is 38.1 Å². The third-order valence-corrected chi connectivity index (χ3v) is 8.67. The zero-order valence-corrected chi connectivity index (χ0v) is 20.8. The highest BCUT2D eigenvalue weighted by atomic mass is 32.2. The smallest absolute Gasteiger partial charge is 0.416 e. The molecule has 4 aromatic rings. The lowest BCUT2D eigenvalue weighted by Crippen LogP contribution is -2.30. The number of thioether (sulfide) groups is 1. The summed E-state index contributed by atoms with van der Waals surface area (Å²) < 4.78 is 75.0. The van der Waals surface area contributed by atoms with Gasteiger partial charge in [-0.25, -0.2) is 13.4 Å². The number of benzene rings is 2. The van der Waals surface area contributed by atoms with Gasteiger partial charge in [0.2, 0.25) is 10.0 Å². The first kappa shape index (κ1) is 25.3. The Bertz CT molecular complexity index is 1410. The fourth-order valence-electron chi connectivity index (χ4n) is 3.85. The number of fused-ring (bicyclic) bond motifs is 1. The van der Waals surface area contributed by atoms with Crippen LogP contribution in [0.1, 0.15) is 30.7 Å². The van der Waals surface area contributed by atoms with Gasteiger partial charge in [-0.1, -0.05) is 43.8 Å². The molecular formula is C24H24F3N3O3S2. The molecule has 0 aliphatic rings. The number of halogens is 3. The standard InChI is InChI=1S/C24H24F3N3O3S2/c1-3-29(4-2)35(31,32)19-11-12-22-21(14-19)28-23(30(22)15-18-9-7-13-33-18)34-16-17-8-5-6-10-20(17)24(25,26)27/h5-14H,3-4,15-16H2,1-2H3. The highest BCUT2D eigenvalue weighted by molar-refractivity contribution is 7.98. The van der Waals surface area contributed by atoms with Gasteiger partial charge in [0.25, 0.3) is 0 Å². The van der Waals surface area contributed by atoms with E-state index in [2.05, 4.69) is 4.98 Å². The van der Waals surface area contributed by atoms with Crippen molar-refractivity contribution in [3.63, 3.8) is 0 Å². The van der Waals surface area contributed by atoms with E-state index in [1.165, 1.54) is 34.8 Å². The Kier molecular flexibility index (Phi) is 7.30. The zero-order valence-electron chi connectivity index (χ0n) is 19.1. The first-order valence-electron chi connectivity index (χ1n) is 11.0. The predicted molar refractivity (Wildman–Crippen MR) is 129 cm³/mol. The van der Waals surface area contributed by atoms with E-state index in [0.29, 0.717) is 41.6 Å². The first-order chi connectivity index (χ1) is 16.6. The van der Waals surface area contributed by atoms with Crippen LogP contribution in [0.25, 0.3) is 11.0 Å². The maximum Gasteiger partial charge on any atom is 0.416 e. The van der Waals surface area contributed by atoms with Gasteiger partial charge in [-0.3, -0.25) is 0 Å². The Morgan fingerprint density at radius 1 is 1.06 bits per heavy atom. The molecule has 35 heavy (non-hydrogen) atoms. The van der Waals surface area contributed by atoms with Crippen LogP contribution in [0.5, 0.6) is 0 Å². The van der Waals surface area contributed by atoms with Crippen LogP contribution in [-0.2, 0) is 28.5 Å². The number of aromatic nitrogens is 2. The van der Waals surface area contributed by atoms with Crippen LogP contribution in [0.2, 0.25) is 0 Å². The highest BCUT2D eigenvalue weighted by Gasteiger charge is 2.33. The summed E-state index contributed by atoms with van der Waals surface area (Å²) in [6.45, 7) is 4.51. The number of imidazole rings is 1. The maximum atomic E-state index is 13.4. The van der Waals surface area contributed by atoms with Crippen molar-refractivity contribution in [2.24, 2.45) is 0 Å². The quantitative estimate of drug-likeness (QED) is 0.251. The molecule has 2 aromatic heterocycles. The zero-order chi connectivity index (χ0) is 25.2. The molecule has 0 saturated carbocycles. The van der Waals surface area contributed by atoms with Gasteiger partial charge in [0.1, 0.15) is 5.76 Å². The summed E-state index contributed by atoms with van der Waals surface area (Å²) in [5, 5.41) is 0.464. The van der Waals surface area contributed by atoms with Crippen molar-refractivity contribution in [3.8, 4) is 0 Å². The fourth-order valence-corrected chi connectivity index (χ4v) is 6.34. The molecule has 2 aromatic carbocycles. The molecular weight excluding hydrogens is 499 g/mol. The molecule has 0 spiro atoms. The summed E-state index contributed by atoms with van der Waals surface area (Å²) in [6.07, 6.45) is -2.92. The molecule has 0 atom stereocenters. The van der Waals surface area contributed by atoms with E-state index >= 15 is 0 Å². The van der Waals surface area contributed by atoms with Crippen LogP contribution < -0.4 is 0 Å². The van der Waals surface area contributed by atoms with Crippen molar-refractivity contribution in [3.05, 3.63) is 77.7 Å². The van der Waals surface area contributed by atoms with Gasteiger partial charge in [0, 0.05) is 18.8 Å². The lowest BCUT2D eigenvalue weighted by molar-refractivity contribution is -0.138. The van der Waals surface area contributed by atoms with E-state index in [1.807, 2.05) is 4.57 Å². The molecule has 4 rings (SSSR count). The van der Waals surface area contributed by atoms with Crippen molar-refractivity contribution < 1.29 is 26.0 Å². The minimum Gasteiger partial charge on any atom is -0.467 e. The largest absolute Gasteiger partial charge is 0.467 e. The Balaban J connectivity index is 1.75. The van der Waals surface area contributed by atoms with Crippen LogP contribution >= 0.6 is 11.8 Å². The fraction of sp³-hybridized carbons (Fsp3) is 0.292. The van der Waals surface area contributed by atoms with Gasteiger partial charge in [-0.2, -0.15) is 17.5 Å². The van der Waals surface area contributed by atoms with Crippen LogP contribution in [0.15, 0.2) is 75.3 Å². The van der Waals surface area contributed by atoms with Gasteiger partial charge in [0.15, 0.2) is 5.16 Å². The van der Waals surface area contributed by atoms with Crippen molar-refractivity contribution in [1.29, 1.82) is 0 Å². The van der Waals surface area contributed by atoms with Crippen molar-refractivity contribution >= 4 is 32.8 Å². The van der Waals surface area contributed by atoms with Gasteiger partial charge >= 0.3 is 6.18 Å². The van der Waals surface area contributed by atoms with Crippen LogP contribution in [0.4, 0.5) is 13.2 Å². The summed E-state index contributed by atoms with van der Waals surface area (Å²) in [5.41, 5.74) is 0.558. The highest BCUT2D eigenvalue weighted by Crippen LogP contribution is 2.36. The summed E-state index contributed by atoms with van der Waals surface area (Å²) in [5.74, 6) is 0.684. The molecule has 6 nitrogen and oxygen atoms in total. The summed E-state index contributed by atoms with van der Waals surface area (Å²) in [4.78, 5) is 4.73. The van der Waals surface area contributed by atoms with E-state index < -0.39 is 21.8 Å². The topological polar surface area (TPSA) is 68.3 Å². The number of furan rings is 1. The number of hydrogen-bond acceptors (Lipinski definition) is 5. The Labute approximate surface area is 205 Å². The van der Waals surface area contributed by atoms with E-state index in [-0.39, 0.29) is 16.2 Å². The molecule has 0 fully saturated rings. The molecule has 0 unspecified atom stereocenters. The summed E-state index contributed by atoms with van der Waals surface area (Å²) in [7, 11) is -3.69. The average molecular weight is 524 g/mol. The number of nitrogens with zero attached hydrogens (tertiary/aromatic N) is 3. The summed E-state index contributed by atoms with van der Waals surface area (Å²) in [6, 6.07) is 13.7. The molecule has 2 heterocycles. The van der Waals surface area contributed by atoms with Crippen molar-refractivity contribution in [2.75, 3.05) is 13.1 Å². The van der Waals surface area contributed by atoms with Gasteiger partial charge < -0.3 is 8.98 Å². The predicted octanol–water partition coefficient (Wildman–Crippen LogP) is 6.02. The van der Waals surface area contributed by atoms with Crippen molar-refractivity contribution in [2.45, 2.75) is 42.4 Å². The number of rotatable bonds is 9. The number of alkyl halides is 3. The molecule has 0 amide bonds. The van der Waals surface area contributed by atoms with Gasteiger partial charge in [0.05, 0.1) is 34.3 Å². The third kappa shape index (κ3) is 5.26. The van der Waals surface area contributed by atoms with Gasteiger partial charge in [-0.05, 0) is 42.0 Å². The Morgan fingerprint density at radius 3 is 2.46 bits per heavy atom. The minimum atomic E-state index is -4.46. The minimum absolute atomic E-state index is 0.0434. The second kappa shape index (κ2) is 10.1. The van der Waals surface area contributed by atoms with Crippen LogP contribution in [0, 0.1) is 0 Å². The van der Waals surface area contributed by atoms with E-state index in [0.717, 1.165) is 17.8 Å². The second-order valence-corrected chi connectivity index (χ2v) is 10.6. The monoisotopic (exact) mass is 523 g/mol. The molecule has 11 heteroatoms. The lowest BCUT2D eigenvalue weighted by Gasteiger charge is -2.18. The summed E-state index contributed by atoms with van der Waals surface area (Å²) >= 11 is 1.16. The molecule has 0 bridgehead atoms. The van der Waals surface area contributed by atoms with E-state index in [9.17, 15) is 21.6 Å². The molecule has 186 valence electrons. The molecule has 0 N–H and O–H groups in total.